The molecule has 0 saturated carbocycles. The van der Waals surface area contributed by atoms with Crippen LogP contribution in [-0.2, 0) is 32.7 Å². The summed E-state index contributed by atoms with van der Waals surface area (Å²) >= 11 is 0. The molecule has 0 heterocycles. The van der Waals surface area contributed by atoms with Gasteiger partial charge in [0.2, 0.25) is 0 Å². The van der Waals surface area contributed by atoms with E-state index in [1.807, 2.05) is 0 Å². The second-order valence-corrected chi connectivity index (χ2v) is 16.0. The highest BCUT2D eigenvalue weighted by molar-refractivity contribution is 7.47. The molecule has 9 nitrogen and oxygen atoms in total. The van der Waals surface area contributed by atoms with E-state index in [2.05, 4.69) is 13.8 Å². The molecule has 0 aliphatic rings. The highest BCUT2D eigenvalue weighted by Gasteiger charge is 2.26. The van der Waals surface area contributed by atoms with Gasteiger partial charge in [-0.05, 0) is 12.8 Å². The number of esters is 2. The number of nitrogens with two attached hydrogens (primary N) is 1. The van der Waals surface area contributed by atoms with Crippen molar-refractivity contribution in [3.05, 3.63) is 0 Å². The van der Waals surface area contributed by atoms with E-state index in [0.717, 1.165) is 32.1 Å². The molecule has 0 aliphatic heterocycles. The lowest BCUT2D eigenvalue weighted by Crippen LogP contribution is -2.29. The van der Waals surface area contributed by atoms with Crippen molar-refractivity contribution in [2.75, 3.05) is 26.4 Å². The number of unbranched alkanes of at least 4 members (excludes halogenated alkanes) is 28. The number of phosphoric acid groups is 1. The molecular weight excluding hydrogens is 665 g/mol. The van der Waals surface area contributed by atoms with E-state index in [1.54, 1.807) is 0 Å². The van der Waals surface area contributed by atoms with Gasteiger partial charge in [-0.3, -0.25) is 18.6 Å². The molecule has 10 heteroatoms. The lowest BCUT2D eigenvalue weighted by Gasteiger charge is -2.19. The summed E-state index contributed by atoms with van der Waals surface area (Å²) in [7, 11) is -4.36. The second kappa shape index (κ2) is 38.7. The Kier molecular flexibility index (Phi) is 38.0. The van der Waals surface area contributed by atoms with E-state index < -0.39 is 26.5 Å². The van der Waals surface area contributed by atoms with E-state index in [-0.39, 0.29) is 38.6 Å². The van der Waals surface area contributed by atoms with Crippen molar-refractivity contribution in [1.29, 1.82) is 0 Å². The van der Waals surface area contributed by atoms with Gasteiger partial charge < -0.3 is 20.1 Å². The van der Waals surface area contributed by atoms with Crippen LogP contribution in [0.5, 0.6) is 0 Å². The van der Waals surface area contributed by atoms with Crippen LogP contribution >= 0.6 is 7.82 Å². The number of phosphoric ester groups is 1. The minimum absolute atomic E-state index is 0.0578. The summed E-state index contributed by atoms with van der Waals surface area (Å²) < 4.78 is 32.7. The van der Waals surface area contributed by atoms with Gasteiger partial charge >= 0.3 is 19.8 Å². The lowest BCUT2D eigenvalue weighted by atomic mass is 10.0. The Morgan fingerprint density at radius 1 is 0.510 bits per heavy atom. The molecule has 304 valence electrons. The van der Waals surface area contributed by atoms with Gasteiger partial charge in [0.15, 0.2) is 6.10 Å². The van der Waals surface area contributed by atoms with Gasteiger partial charge in [0.1, 0.15) is 6.61 Å². The maximum Gasteiger partial charge on any atom is 0.472 e. The van der Waals surface area contributed by atoms with Crippen LogP contribution < -0.4 is 5.73 Å². The van der Waals surface area contributed by atoms with Gasteiger partial charge in [-0.25, -0.2) is 4.57 Å². The van der Waals surface area contributed by atoms with E-state index in [1.165, 1.54) is 154 Å². The van der Waals surface area contributed by atoms with Gasteiger partial charge in [0.25, 0.3) is 0 Å². The number of hydrogen-bond acceptors (Lipinski definition) is 8. The molecule has 0 bridgehead atoms. The first-order chi connectivity index (χ1) is 24.8. The summed E-state index contributed by atoms with van der Waals surface area (Å²) in [6.45, 7) is 3.74. The molecule has 0 fully saturated rings. The van der Waals surface area contributed by atoms with Gasteiger partial charge in [-0.15, -0.1) is 0 Å². The fraction of sp³-hybridized carbons (Fsp3) is 0.951. The van der Waals surface area contributed by atoms with Crippen molar-refractivity contribution in [1.82, 2.24) is 0 Å². The lowest BCUT2D eigenvalue weighted by molar-refractivity contribution is -0.161. The van der Waals surface area contributed by atoms with Crippen molar-refractivity contribution >= 4 is 19.8 Å². The van der Waals surface area contributed by atoms with E-state index in [9.17, 15) is 19.0 Å². The van der Waals surface area contributed by atoms with Crippen molar-refractivity contribution in [2.45, 2.75) is 225 Å². The first-order valence-corrected chi connectivity index (χ1v) is 23.0. The molecule has 0 saturated heterocycles. The Labute approximate surface area is 314 Å². The smallest absolute Gasteiger partial charge is 0.462 e. The Morgan fingerprint density at radius 2 is 0.843 bits per heavy atom. The normalized spacial score (nSPS) is 13.3. The zero-order chi connectivity index (χ0) is 37.5. The maximum absolute atomic E-state index is 12.5. The summed E-state index contributed by atoms with van der Waals surface area (Å²) in [6.07, 6.45) is 37.2. The van der Waals surface area contributed by atoms with Gasteiger partial charge in [-0.2, -0.15) is 0 Å². The molecule has 0 aromatic rings. The summed E-state index contributed by atoms with van der Waals surface area (Å²) in [6, 6.07) is 0. The standard InChI is InChI=1S/C41H82NO8P/c1-3-5-7-9-11-13-14-15-16-17-18-19-20-21-22-23-24-26-27-29-31-33-40(43)47-37-39(38-49-51(45,46)48-36-35-42)50-41(44)34-32-30-28-25-12-10-8-6-4-2/h39H,3-38,42H2,1-2H3,(H,45,46)/t39-/m0/s1. The molecule has 0 aliphatic carbocycles. The van der Waals surface area contributed by atoms with Crippen LogP contribution in [0.4, 0.5) is 0 Å². The van der Waals surface area contributed by atoms with Crippen LogP contribution in [0.2, 0.25) is 0 Å². The summed E-state index contributed by atoms with van der Waals surface area (Å²) in [5, 5.41) is 0. The molecule has 0 spiro atoms. The van der Waals surface area contributed by atoms with Gasteiger partial charge in [0.05, 0.1) is 13.2 Å². The van der Waals surface area contributed by atoms with Crippen LogP contribution in [0, 0.1) is 0 Å². The predicted molar refractivity (Wildman–Crippen MR) is 211 cm³/mol. The maximum atomic E-state index is 12.5. The van der Waals surface area contributed by atoms with Crippen LogP contribution in [0.15, 0.2) is 0 Å². The summed E-state index contributed by atoms with van der Waals surface area (Å²) in [5.41, 5.74) is 5.33. The number of hydrogen-bond donors (Lipinski definition) is 2. The second-order valence-electron chi connectivity index (χ2n) is 14.6. The van der Waals surface area contributed by atoms with Crippen LogP contribution in [0.3, 0.4) is 0 Å². The molecular formula is C41H82NO8P. The SMILES string of the molecule is CCCCCCCCCCCCCCCCCCCCCCCC(=O)OC[C@@H](COP(=O)(O)OCCN)OC(=O)CCCCCCCCCCC. The third-order valence-electron chi connectivity index (χ3n) is 9.49. The molecule has 0 aromatic heterocycles. The minimum Gasteiger partial charge on any atom is -0.462 e. The monoisotopic (exact) mass is 748 g/mol. The molecule has 2 atom stereocenters. The molecule has 0 rings (SSSR count). The minimum atomic E-state index is -4.36. The Balaban J connectivity index is 3.97. The third-order valence-corrected chi connectivity index (χ3v) is 10.5. The largest absolute Gasteiger partial charge is 0.472 e. The molecule has 0 radical (unpaired) electrons. The first-order valence-electron chi connectivity index (χ1n) is 21.5. The van der Waals surface area contributed by atoms with Crippen LogP contribution in [0.1, 0.15) is 219 Å². The van der Waals surface area contributed by atoms with Crippen molar-refractivity contribution in [3.63, 3.8) is 0 Å². The number of carbonyl (C=O) groups is 2. The highest BCUT2D eigenvalue weighted by atomic mass is 31.2. The summed E-state index contributed by atoms with van der Waals surface area (Å²) in [5.74, 6) is -0.818. The van der Waals surface area contributed by atoms with E-state index in [0.29, 0.717) is 6.42 Å². The van der Waals surface area contributed by atoms with E-state index in [4.69, 9.17) is 24.3 Å². The molecule has 1 unspecified atom stereocenters. The fourth-order valence-corrected chi connectivity index (χ4v) is 7.05. The molecule has 0 amide bonds. The van der Waals surface area contributed by atoms with Crippen molar-refractivity contribution < 1.29 is 37.6 Å². The molecule has 3 N–H and O–H groups in total. The number of ether oxygens (including phenoxy) is 2. The van der Waals surface area contributed by atoms with Crippen molar-refractivity contribution in [3.8, 4) is 0 Å². The first kappa shape index (κ1) is 50.0. The predicted octanol–water partition coefficient (Wildman–Crippen LogP) is 12.1. The van der Waals surface area contributed by atoms with Crippen LogP contribution in [-0.4, -0.2) is 49.3 Å². The quantitative estimate of drug-likeness (QED) is 0.0356. The number of rotatable bonds is 41. The van der Waals surface area contributed by atoms with Gasteiger partial charge in [-0.1, -0.05) is 194 Å². The summed E-state index contributed by atoms with van der Waals surface area (Å²) in [4.78, 5) is 34.7. The van der Waals surface area contributed by atoms with Crippen molar-refractivity contribution in [2.24, 2.45) is 5.73 Å². The zero-order valence-electron chi connectivity index (χ0n) is 33.4. The van der Waals surface area contributed by atoms with E-state index >= 15 is 0 Å². The van der Waals surface area contributed by atoms with Gasteiger partial charge in [0, 0.05) is 19.4 Å². The Morgan fingerprint density at radius 3 is 1.20 bits per heavy atom. The Bertz CT molecular complexity index is 815. The topological polar surface area (TPSA) is 134 Å². The average molecular weight is 748 g/mol. The zero-order valence-corrected chi connectivity index (χ0v) is 34.3. The Hall–Kier alpha value is -0.990. The fourth-order valence-electron chi connectivity index (χ4n) is 6.28. The average Bonchev–Trinajstić information content (AvgIpc) is 3.11. The molecule has 0 aromatic carbocycles. The highest BCUT2D eigenvalue weighted by Crippen LogP contribution is 2.43. The number of carbonyl (C=O) groups excluding carboxylic acids is 2. The third kappa shape index (κ3) is 38.5. The van der Waals surface area contributed by atoms with Crippen LogP contribution in [0.25, 0.3) is 0 Å². The molecule has 51 heavy (non-hydrogen) atoms.